The Morgan fingerprint density at radius 3 is 2.83 bits per heavy atom. The second-order valence-electron chi connectivity index (χ2n) is 4.83. The summed E-state index contributed by atoms with van der Waals surface area (Å²) in [7, 11) is -3.66. The molecule has 0 radical (unpaired) electrons. The molecule has 2 rings (SSSR count). The Bertz CT molecular complexity index is 693. The van der Waals surface area contributed by atoms with Crippen LogP contribution in [-0.4, -0.2) is 56.4 Å². The first kappa shape index (κ1) is 17.7. The lowest BCUT2D eigenvalue weighted by Crippen LogP contribution is -2.34. The van der Waals surface area contributed by atoms with Gasteiger partial charge in [-0.25, -0.2) is 13.1 Å². The van der Waals surface area contributed by atoms with E-state index in [1.54, 1.807) is 6.07 Å². The zero-order valence-electron chi connectivity index (χ0n) is 12.3. The van der Waals surface area contributed by atoms with Crippen molar-refractivity contribution in [3.8, 4) is 0 Å². The largest absolute Gasteiger partial charge is 0.329 e. The molecule has 0 aliphatic carbocycles. The van der Waals surface area contributed by atoms with E-state index in [1.165, 1.54) is 34.9 Å². The number of carbonyl (C=O) groups is 2. The summed E-state index contributed by atoms with van der Waals surface area (Å²) in [5.74, 6) is 0.426. The summed E-state index contributed by atoms with van der Waals surface area (Å²) < 4.78 is 26.4. The summed E-state index contributed by atoms with van der Waals surface area (Å²) in [5.41, 5.74) is 5.63. The van der Waals surface area contributed by atoms with E-state index in [2.05, 4.69) is 10.0 Å². The number of carbonyl (C=O) groups excluding carboxylic acids is 2. The molecule has 1 aromatic rings. The van der Waals surface area contributed by atoms with E-state index in [-0.39, 0.29) is 36.3 Å². The Morgan fingerprint density at radius 2 is 2.17 bits per heavy atom. The highest BCUT2D eigenvalue weighted by Crippen LogP contribution is 2.17. The van der Waals surface area contributed by atoms with Crippen molar-refractivity contribution in [3.63, 3.8) is 0 Å². The molecule has 0 unspecified atom stereocenters. The Balaban J connectivity index is 2.02. The predicted molar refractivity (Wildman–Crippen MR) is 88.4 cm³/mol. The van der Waals surface area contributed by atoms with Crippen molar-refractivity contribution < 1.29 is 18.0 Å². The maximum absolute atomic E-state index is 12.0. The minimum atomic E-state index is -3.66. The normalized spacial score (nSPS) is 15.0. The third kappa shape index (κ3) is 4.93. The van der Waals surface area contributed by atoms with Gasteiger partial charge in [-0.1, -0.05) is 6.07 Å². The third-order valence-corrected chi connectivity index (χ3v) is 5.43. The molecule has 2 amide bonds. The molecule has 23 heavy (non-hydrogen) atoms. The van der Waals surface area contributed by atoms with E-state index < -0.39 is 10.0 Å². The average Bonchev–Trinajstić information content (AvgIpc) is 2.90. The maximum atomic E-state index is 12.0. The number of sulfonamides is 1. The predicted octanol–water partition coefficient (Wildman–Crippen LogP) is -0.605. The summed E-state index contributed by atoms with van der Waals surface area (Å²) in [4.78, 5) is 24.9. The zero-order valence-corrected chi connectivity index (χ0v) is 14.0. The SMILES string of the molecule is NCCNS(=O)(=O)c1cccc(NC(=O)CN2CSCC2=O)c1. The fourth-order valence-electron chi connectivity index (χ4n) is 1.93. The lowest BCUT2D eigenvalue weighted by molar-refractivity contribution is -0.130. The van der Waals surface area contributed by atoms with Crippen LogP contribution in [0.1, 0.15) is 0 Å². The minimum Gasteiger partial charge on any atom is -0.329 e. The van der Waals surface area contributed by atoms with Crippen LogP contribution in [0.25, 0.3) is 0 Å². The second-order valence-corrected chi connectivity index (χ2v) is 7.55. The zero-order chi connectivity index (χ0) is 16.9. The highest BCUT2D eigenvalue weighted by Gasteiger charge is 2.23. The van der Waals surface area contributed by atoms with Gasteiger partial charge in [-0.2, -0.15) is 0 Å². The van der Waals surface area contributed by atoms with Crippen LogP contribution in [-0.2, 0) is 19.6 Å². The molecule has 1 fully saturated rings. The van der Waals surface area contributed by atoms with E-state index in [0.29, 0.717) is 17.3 Å². The van der Waals surface area contributed by atoms with Crippen LogP contribution < -0.4 is 15.8 Å². The van der Waals surface area contributed by atoms with Crippen LogP contribution in [0.5, 0.6) is 0 Å². The first-order valence-corrected chi connectivity index (χ1v) is 9.51. The van der Waals surface area contributed by atoms with Crippen molar-refractivity contribution in [2.75, 3.05) is 36.6 Å². The van der Waals surface area contributed by atoms with Crippen LogP contribution in [0.15, 0.2) is 29.2 Å². The van der Waals surface area contributed by atoms with Gasteiger partial charge in [0.25, 0.3) is 0 Å². The van der Waals surface area contributed by atoms with Gasteiger partial charge in [-0.15, -0.1) is 11.8 Å². The van der Waals surface area contributed by atoms with Crippen LogP contribution >= 0.6 is 11.8 Å². The molecule has 0 saturated carbocycles. The molecule has 0 atom stereocenters. The van der Waals surface area contributed by atoms with Crippen molar-refractivity contribution in [1.82, 2.24) is 9.62 Å². The van der Waals surface area contributed by atoms with Gasteiger partial charge in [-0.3, -0.25) is 9.59 Å². The lowest BCUT2D eigenvalue weighted by atomic mass is 10.3. The number of thioether (sulfide) groups is 1. The standard InChI is InChI=1S/C13H18N4O4S2/c14-4-5-15-23(20,21)11-3-1-2-10(6-11)16-12(18)7-17-9-22-8-13(17)19/h1-3,6,15H,4-5,7-9,14H2,(H,16,18). The van der Waals surface area contributed by atoms with Crippen LogP contribution in [0.2, 0.25) is 0 Å². The molecule has 1 heterocycles. The Hall–Kier alpha value is -1.62. The number of nitrogens with zero attached hydrogens (tertiary/aromatic N) is 1. The fraction of sp³-hybridized carbons (Fsp3) is 0.385. The number of hydrogen-bond donors (Lipinski definition) is 3. The highest BCUT2D eigenvalue weighted by atomic mass is 32.2. The van der Waals surface area contributed by atoms with Gasteiger partial charge in [0.2, 0.25) is 21.8 Å². The molecule has 1 aliphatic rings. The summed E-state index contributed by atoms with van der Waals surface area (Å²) in [6.07, 6.45) is 0. The van der Waals surface area contributed by atoms with E-state index in [4.69, 9.17) is 5.73 Å². The Labute approximate surface area is 138 Å². The van der Waals surface area contributed by atoms with Crippen LogP contribution in [0.4, 0.5) is 5.69 Å². The first-order valence-electron chi connectivity index (χ1n) is 6.87. The number of benzene rings is 1. The van der Waals surface area contributed by atoms with E-state index in [1.807, 2.05) is 0 Å². The molecule has 1 aromatic carbocycles. The number of hydrogen-bond acceptors (Lipinski definition) is 6. The molecule has 0 aromatic heterocycles. The molecule has 0 spiro atoms. The van der Waals surface area contributed by atoms with Crippen molar-refractivity contribution in [3.05, 3.63) is 24.3 Å². The third-order valence-electron chi connectivity index (χ3n) is 3.02. The highest BCUT2D eigenvalue weighted by molar-refractivity contribution is 8.00. The first-order chi connectivity index (χ1) is 10.9. The quantitative estimate of drug-likeness (QED) is 0.598. The molecule has 126 valence electrons. The minimum absolute atomic E-state index is 0.0385. The molecular formula is C13H18N4O4S2. The van der Waals surface area contributed by atoms with Gasteiger partial charge < -0.3 is 16.0 Å². The summed E-state index contributed by atoms with van der Waals surface area (Å²) in [6, 6.07) is 5.90. The molecule has 4 N–H and O–H groups in total. The molecule has 0 bridgehead atoms. The van der Waals surface area contributed by atoms with Gasteiger partial charge in [-0.05, 0) is 18.2 Å². The average molecular weight is 358 g/mol. The smallest absolute Gasteiger partial charge is 0.244 e. The molecule has 1 saturated heterocycles. The van der Waals surface area contributed by atoms with Crippen molar-refractivity contribution in [1.29, 1.82) is 0 Å². The Kier molecular flexibility index (Phi) is 5.99. The molecular weight excluding hydrogens is 340 g/mol. The monoisotopic (exact) mass is 358 g/mol. The number of anilines is 1. The summed E-state index contributed by atoms with van der Waals surface area (Å²) in [6.45, 7) is 0.277. The van der Waals surface area contributed by atoms with Crippen LogP contribution in [0, 0.1) is 0 Å². The van der Waals surface area contributed by atoms with Crippen molar-refractivity contribution in [2.24, 2.45) is 5.73 Å². The number of nitrogens with one attached hydrogen (secondary N) is 2. The van der Waals surface area contributed by atoms with Crippen molar-refractivity contribution in [2.45, 2.75) is 4.90 Å². The van der Waals surface area contributed by atoms with E-state index in [9.17, 15) is 18.0 Å². The van der Waals surface area contributed by atoms with Gasteiger partial charge in [0.1, 0.15) is 6.54 Å². The summed E-state index contributed by atoms with van der Waals surface area (Å²) in [5, 5.41) is 2.60. The maximum Gasteiger partial charge on any atom is 0.244 e. The van der Waals surface area contributed by atoms with Gasteiger partial charge in [0.05, 0.1) is 16.5 Å². The summed E-state index contributed by atoms with van der Waals surface area (Å²) >= 11 is 1.45. The Morgan fingerprint density at radius 1 is 1.39 bits per heavy atom. The number of nitrogens with two attached hydrogens (primary N) is 1. The fourth-order valence-corrected chi connectivity index (χ4v) is 3.93. The number of amides is 2. The molecule has 1 aliphatic heterocycles. The lowest BCUT2D eigenvalue weighted by Gasteiger charge is -2.14. The molecule has 10 heteroatoms. The second kappa shape index (κ2) is 7.77. The van der Waals surface area contributed by atoms with Crippen LogP contribution in [0.3, 0.4) is 0 Å². The van der Waals surface area contributed by atoms with E-state index in [0.717, 1.165) is 0 Å². The molecule has 8 nitrogen and oxygen atoms in total. The topological polar surface area (TPSA) is 122 Å². The van der Waals surface area contributed by atoms with Gasteiger partial charge >= 0.3 is 0 Å². The van der Waals surface area contributed by atoms with Gasteiger partial charge in [0, 0.05) is 18.8 Å². The number of rotatable bonds is 7. The van der Waals surface area contributed by atoms with Gasteiger partial charge in [0.15, 0.2) is 0 Å². The van der Waals surface area contributed by atoms with Crippen molar-refractivity contribution >= 4 is 39.3 Å². The van der Waals surface area contributed by atoms with E-state index >= 15 is 0 Å².